The Morgan fingerprint density at radius 2 is 0.709 bits per heavy atom. The second kappa shape index (κ2) is 18.3. The Labute approximate surface area is 359 Å². The van der Waals surface area contributed by atoms with Crippen molar-refractivity contribution >= 4 is 46.9 Å². The van der Waals surface area contributed by atoms with E-state index in [0.29, 0.717) is 11.4 Å². The third-order valence-electron chi connectivity index (χ3n) is 11.7. The van der Waals surface area contributed by atoms with E-state index >= 15 is 0 Å². The van der Waals surface area contributed by atoms with E-state index < -0.39 is 0 Å². The Morgan fingerprint density at radius 3 is 0.945 bits per heavy atom. The van der Waals surface area contributed by atoms with E-state index in [1.165, 1.54) is 11.1 Å². The monoisotopic (exact) mass is 864 g/mol. The molecule has 0 bridgehead atoms. The maximum atomic E-state index is 11.1. The van der Waals surface area contributed by atoms with Gasteiger partial charge in [0.15, 0.2) is 0 Å². The molecule has 0 aliphatic heterocycles. The quantitative estimate of drug-likeness (QED) is 0.142. The number of halogens is 2. The summed E-state index contributed by atoms with van der Waals surface area (Å²) >= 11 is 0. The van der Waals surface area contributed by atoms with Gasteiger partial charge in [-0.15, -0.1) is 54.8 Å². The zero-order chi connectivity index (χ0) is 38.2. The van der Waals surface area contributed by atoms with Gasteiger partial charge >= 0.3 is 0 Å². The number of phenols is 2. The fourth-order valence-corrected chi connectivity index (χ4v) is 6.08. The van der Waals surface area contributed by atoms with Gasteiger partial charge in [-0.25, -0.2) is 0 Å². The summed E-state index contributed by atoms with van der Waals surface area (Å²) in [6.45, 7) is 26.3. The second-order valence-corrected chi connectivity index (χ2v) is 16.7. The predicted molar refractivity (Wildman–Crippen MR) is 229 cm³/mol. The first-order chi connectivity index (χ1) is 24.4. The molecule has 11 heteroatoms. The van der Waals surface area contributed by atoms with Crippen molar-refractivity contribution in [2.24, 2.45) is 0 Å². The van der Waals surface area contributed by atoms with Crippen LogP contribution in [0.15, 0.2) is 72.8 Å². The minimum atomic E-state index is -0.134. The van der Waals surface area contributed by atoms with E-state index in [0.717, 1.165) is 58.9 Å². The van der Waals surface area contributed by atoms with Gasteiger partial charge in [0.05, 0.1) is 0 Å². The smallest absolute Gasteiger partial charge is 0.146 e. The van der Waals surface area contributed by atoms with Gasteiger partial charge in [-0.05, 0) is 94.9 Å². The summed E-state index contributed by atoms with van der Waals surface area (Å²) in [7, 11) is 0. The van der Waals surface area contributed by atoms with Gasteiger partial charge in [-0.1, -0.05) is 119 Å². The summed E-state index contributed by atoms with van der Waals surface area (Å²) in [4.78, 5) is 3.15. The first-order valence-corrected chi connectivity index (χ1v) is 18.8. The molecule has 296 valence electrons. The molecule has 2 heterocycles. The van der Waals surface area contributed by atoms with Gasteiger partial charge in [-0.2, -0.15) is 0 Å². The first kappa shape index (κ1) is 47.9. The van der Waals surface area contributed by atoms with Crippen LogP contribution in [-0.4, -0.2) is 40.2 Å². The van der Waals surface area contributed by atoms with Crippen molar-refractivity contribution in [2.75, 3.05) is 0 Å². The summed E-state index contributed by atoms with van der Waals surface area (Å²) in [6, 6.07) is 23.9. The van der Waals surface area contributed by atoms with E-state index in [-0.39, 0.29) is 84.2 Å². The summed E-state index contributed by atoms with van der Waals surface area (Å²) in [6.07, 6.45) is 3.89. The fraction of sp³-hybridized carbons (Fsp3) is 0.455. The number of aromatic hydroxyl groups is 2. The first-order valence-electron chi connectivity index (χ1n) is 18.8. The normalized spacial score (nSPS) is 12.0. The Morgan fingerprint density at radius 1 is 0.455 bits per heavy atom. The molecule has 0 saturated carbocycles. The van der Waals surface area contributed by atoms with Crippen LogP contribution in [0.1, 0.15) is 131 Å². The average Bonchev–Trinajstić information content (AvgIpc) is 3.76. The van der Waals surface area contributed by atoms with Crippen molar-refractivity contribution in [3.05, 3.63) is 95.1 Å². The van der Waals surface area contributed by atoms with Crippen molar-refractivity contribution < 1.29 is 36.4 Å². The number of hydrogen-bond donors (Lipinski definition) is 2. The van der Waals surface area contributed by atoms with Crippen molar-refractivity contribution in [2.45, 2.75) is 130 Å². The average molecular weight is 867 g/mol. The van der Waals surface area contributed by atoms with Crippen LogP contribution >= 0.6 is 24.8 Å². The zero-order valence-corrected chi connectivity index (χ0v) is 38.7. The van der Waals surface area contributed by atoms with Gasteiger partial charge in [0.25, 0.3) is 0 Å². The second-order valence-electron chi connectivity index (χ2n) is 16.7. The molecule has 4 aromatic carbocycles. The Kier molecular flexibility index (Phi) is 16.0. The summed E-state index contributed by atoms with van der Waals surface area (Å²) in [5.74, 6) is 0.542. The molecule has 0 atom stereocenters. The molecule has 0 aliphatic rings. The van der Waals surface area contributed by atoms with Gasteiger partial charge < -0.3 is 10.2 Å². The Hall–Kier alpha value is -3.26. The largest absolute Gasteiger partial charge is 0.505 e. The molecule has 6 aromatic rings. The van der Waals surface area contributed by atoms with Gasteiger partial charge in [0.2, 0.25) is 0 Å². The maximum Gasteiger partial charge on any atom is 0.146 e. The number of phenolic OH excluding ortho intramolecular Hbond substituents is 2. The maximum absolute atomic E-state index is 11.1. The molecular formula is C44H60Cl2N6O2Zr. The molecule has 0 radical (unpaired) electrons. The van der Waals surface area contributed by atoms with Crippen molar-refractivity contribution in [3.63, 3.8) is 0 Å². The van der Waals surface area contributed by atoms with Crippen LogP contribution < -0.4 is 0 Å². The van der Waals surface area contributed by atoms with Crippen LogP contribution in [0.2, 0.25) is 0 Å². The van der Waals surface area contributed by atoms with E-state index in [2.05, 4.69) is 116 Å². The molecule has 0 aliphatic carbocycles. The SMILES string of the molecule is CCC(C)(C)c1cc(-n2nc3ccccc3n2)c(O)c(C(C)(C)CC)c1.CCC(C)(C)c1cc(-n2nc3ccccc3n2)c(O)c(C(C)(C)CC)c1.Cl.Cl.[Zr]. The van der Waals surface area contributed by atoms with E-state index in [4.69, 9.17) is 0 Å². The number of nitrogens with zero attached hydrogens (tertiary/aromatic N) is 6. The third kappa shape index (κ3) is 9.83. The molecule has 0 unspecified atom stereocenters. The van der Waals surface area contributed by atoms with E-state index in [1.54, 1.807) is 9.59 Å². The zero-order valence-electron chi connectivity index (χ0n) is 34.7. The Bertz CT molecular complexity index is 1980. The molecule has 8 nitrogen and oxygen atoms in total. The molecule has 0 amide bonds. The van der Waals surface area contributed by atoms with Crippen LogP contribution in [0, 0.1) is 0 Å². The summed E-state index contributed by atoms with van der Waals surface area (Å²) in [5, 5.41) is 40.5. The van der Waals surface area contributed by atoms with Crippen LogP contribution in [0.4, 0.5) is 0 Å². The minimum Gasteiger partial charge on any atom is -0.505 e. The number of fused-ring (bicyclic) bond motifs is 2. The van der Waals surface area contributed by atoms with Crippen LogP contribution in [0.3, 0.4) is 0 Å². The molecule has 6 rings (SSSR count). The summed E-state index contributed by atoms with van der Waals surface area (Å²) < 4.78 is 0. The van der Waals surface area contributed by atoms with Crippen molar-refractivity contribution in [3.8, 4) is 22.9 Å². The standard InChI is InChI=1S/2C22H29N3O.2ClH.Zr/c2*1-7-21(3,4)15-13-16(22(5,6)8-2)20(26)19(14-15)25-23-17-11-9-10-12-18(17)24-25;;;/h2*9-14,26H,7-8H2,1-6H3;2*1H;. The topological polar surface area (TPSA) is 102 Å². The predicted octanol–water partition coefficient (Wildman–Crippen LogP) is 11.8. The number of benzene rings is 4. The molecule has 2 aromatic heterocycles. The number of rotatable bonds is 10. The summed E-state index contributed by atoms with van der Waals surface area (Å²) in [5.41, 5.74) is 8.64. The van der Waals surface area contributed by atoms with Gasteiger partial charge in [0.1, 0.15) is 44.9 Å². The van der Waals surface area contributed by atoms with Crippen molar-refractivity contribution in [1.82, 2.24) is 30.0 Å². The number of aromatic nitrogens is 6. The minimum absolute atomic E-state index is 0. The fourth-order valence-electron chi connectivity index (χ4n) is 6.08. The molecule has 0 fully saturated rings. The van der Waals surface area contributed by atoms with Gasteiger partial charge in [-0.3, -0.25) is 0 Å². The Balaban J connectivity index is 0.000000360. The molecule has 55 heavy (non-hydrogen) atoms. The molecule has 0 spiro atoms. The molecule has 2 N–H and O–H groups in total. The van der Waals surface area contributed by atoms with Crippen LogP contribution in [0.5, 0.6) is 11.5 Å². The third-order valence-corrected chi connectivity index (χ3v) is 11.7. The number of hydrogen-bond acceptors (Lipinski definition) is 6. The molecule has 0 saturated heterocycles. The van der Waals surface area contributed by atoms with Crippen LogP contribution in [0.25, 0.3) is 33.4 Å². The van der Waals surface area contributed by atoms with Crippen LogP contribution in [-0.2, 0) is 47.9 Å². The van der Waals surface area contributed by atoms with Gasteiger partial charge in [0, 0.05) is 37.3 Å². The van der Waals surface area contributed by atoms with E-state index in [1.807, 2.05) is 60.7 Å². The molecular weight excluding hydrogens is 807 g/mol. The van der Waals surface area contributed by atoms with E-state index in [9.17, 15) is 10.2 Å². The van der Waals surface area contributed by atoms with Crippen molar-refractivity contribution in [1.29, 1.82) is 0 Å².